The minimum atomic E-state index is -0.564. The molecular formula is C140H148N4O. The van der Waals surface area contributed by atoms with Crippen molar-refractivity contribution in [2.75, 3.05) is 19.6 Å². The summed E-state index contributed by atoms with van der Waals surface area (Å²) in [5.41, 5.74) is 31.1. The van der Waals surface area contributed by atoms with Gasteiger partial charge < -0.3 is 24.0 Å². The molecule has 0 N–H and O–H groups in total. The second-order valence-corrected chi connectivity index (χ2v) is 48.8. The highest BCUT2D eigenvalue weighted by Crippen LogP contribution is 2.55. The molecule has 0 aliphatic heterocycles. The molecule has 5 heteroatoms. The SMILES string of the molecule is CC(C)(C)c1cc(N(c2ccc3c(ccc4ccccc43)c2)C(C)(C)C)cc(C(C)(C)C)c1.CC(C)(C)c1cccc2c1oc1cc(N(c3ccc4c(c3)C(C)(C)c3ccccc3-4)C(C)(C)C)ccc12.CC1(C)c2cc(N(c3ccc(-c4ccccc4)cc3)C(C)(C)C)ccc2-c2cc3ccccc3cc21.[2H]c1c([2H])c([2H])c(-c2cc(-c3c([2H])c([2H])c([2H])c([2H])c3[2H])cc(N(c3ccc(-c4ccc(C(C)(C)C)cc4)cc3)C(C)(C)C)c2)c([2H])c1[2H]. The number of benzene rings is 18. The van der Waals surface area contributed by atoms with E-state index in [0.717, 1.165) is 33.7 Å². The van der Waals surface area contributed by atoms with Crippen molar-refractivity contribution in [2.45, 2.75) is 249 Å². The smallest absolute Gasteiger partial charge is 0.139 e. The van der Waals surface area contributed by atoms with E-state index in [4.69, 9.17) is 18.1 Å². The first-order chi connectivity index (χ1) is 72.6. The molecule has 0 unspecified atom stereocenters. The molecule has 2 aliphatic carbocycles. The number of furan rings is 1. The molecular weight excluding hydrogens is 1750 g/mol. The molecule has 1 heterocycles. The topological polar surface area (TPSA) is 26.1 Å². The van der Waals surface area contributed by atoms with E-state index in [2.05, 4.69) is 473 Å². The Balaban J connectivity index is 0.000000135. The van der Waals surface area contributed by atoms with Crippen LogP contribution in [-0.4, -0.2) is 22.2 Å². The van der Waals surface area contributed by atoms with Gasteiger partial charge in [0, 0.05) is 101 Å². The van der Waals surface area contributed by atoms with E-state index >= 15 is 0 Å². The van der Waals surface area contributed by atoms with Gasteiger partial charge in [-0.2, -0.15) is 0 Å². The lowest BCUT2D eigenvalue weighted by Gasteiger charge is -2.39. The van der Waals surface area contributed by atoms with Crippen LogP contribution in [0.15, 0.2) is 392 Å². The highest BCUT2D eigenvalue weighted by molar-refractivity contribution is 6.09. The van der Waals surface area contributed by atoms with Gasteiger partial charge in [-0.15, -0.1) is 0 Å². The van der Waals surface area contributed by atoms with Gasteiger partial charge in [-0.25, -0.2) is 0 Å². The molecule has 734 valence electrons. The fourth-order valence-electron chi connectivity index (χ4n) is 21.6. The Morgan fingerprint density at radius 3 is 1.10 bits per heavy atom. The van der Waals surface area contributed by atoms with E-state index in [1.807, 2.05) is 49.9 Å². The molecule has 0 bridgehead atoms. The number of anilines is 8. The first-order valence-corrected chi connectivity index (χ1v) is 51.4. The van der Waals surface area contributed by atoms with E-state index < -0.39 is 66.0 Å². The van der Waals surface area contributed by atoms with Crippen LogP contribution in [-0.2, 0) is 32.5 Å². The maximum Gasteiger partial charge on any atom is 0.139 e. The summed E-state index contributed by atoms with van der Waals surface area (Å²) in [4.78, 5) is 9.45. The summed E-state index contributed by atoms with van der Waals surface area (Å²) in [5, 5.41) is 10.2. The summed E-state index contributed by atoms with van der Waals surface area (Å²) in [7, 11) is 0. The van der Waals surface area contributed by atoms with E-state index in [0.29, 0.717) is 5.69 Å². The minimum absolute atomic E-state index is 0.0163. The minimum Gasteiger partial charge on any atom is -0.456 e. The van der Waals surface area contributed by atoms with Gasteiger partial charge in [0.05, 0.1) is 13.7 Å². The molecule has 19 aromatic rings. The summed E-state index contributed by atoms with van der Waals surface area (Å²) in [6, 6.07) is 113. The average Bonchev–Trinajstić information content (AvgIpc) is 1.58. The van der Waals surface area contributed by atoms with Gasteiger partial charge in [-0.05, 0) is 358 Å². The lowest BCUT2D eigenvalue weighted by molar-refractivity contribution is 0.549. The molecule has 0 saturated carbocycles. The van der Waals surface area contributed by atoms with Crippen LogP contribution in [0.2, 0.25) is 0 Å². The lowest BCUT2D eigenvalue weighted by atomic mass is 9.80. The predicted octanol–water partition coefficient (Wildman–Crippen LogP) is 40.3. The average molecular weight is 1910 g/mol. The third kappa shape index (κ3) is 20.7. The molecule has 0 amide bonds. The summed E-state index contributed by atoms with van der Waals surface area (Å²) < 4.78 is 90.8. The Labute approximate surface area is 879 Å². The van der Waals surface area contributed by atoms with Crippen LogP contribution in [0, 0.1) is 0 Å². The molecule has 18 aromatic carbocycles. The van der Waals surface area contributed by atoms with Gasteiger partial charge in [-0.1, -0.05) is 377 Å². The van der Waals surface area contributed by atoms with E-state index in [1.54, 1.807) is 12.1 Å². The maximum atomic E-state index is 8.70. The van der Waals surface area contributed by atoms with Gasteiger partial charge >= 0.3 is 0 Å². The van der Waals surface area contributed by atoms with Crippen molar-refractivity contribution in [1.29, 1.82) is 0 Å². The van der Waals surface area contributed by atoms with Crippen LogP contribution in [0.4, 0.5) is 45.5 Å². The summed E-state index contributed by atoms with van der Waals surface area (Å²) in [6.07, 6.45) is 0. The number of hydrogen-bond donors (Lipinski definition) is 0. The van der Waals surface area contributed by atoms with Gasteiger partial charge in [0.25, 0.3) is 0 Å². The number of fused-ring (bicyclic) bond motifs is 13. The van der Waals surface area contributed by atoms with Crippen LogP contribution >= 0.6 is 0 Å². The third-order valence-electron chi connectivity index (χ3n) is 28.9. The van der Waals surface area contributed by atoms with Crippen LogP contribution in [0.3, 0.4) is 0 Å². The molecule has 0 radical (unpaired) electrons. The monoisotopic (exact) mass is 1910 g/mol. The van der Waals surface area contributed by atoms with Crippen molar-refractivity contribution >= 4 is 99.8 Å². The number of para-hydroxylation sites is 1. The fourth-order valence-corrected chi connectivity index (χ4v) is 21.6. The van der Waals surface area contributed by atoms with Crippen molar-refractivity contribution in [3.63, 3.8) is 0 Å². The van der Waals surface area contributed by atoms with E-state index in [9.17, 15) is 0 Å². The normalized spacial score (nSPS) is 14.3. The molecule has 5 nitrogen and oxygen atoms in total. The second-order valence-electron chi connectivity index (χ2n) is 48.8. The maximum absolute atomic E-state index is 8.70. The Morgan fingerprint density at radius 1 is 0.214 bits per heavy atom. The largest absolute Gasteiger partial charge is 0.456 e. The fraction of sp³-hybridized carbons (Fsp3) is 0.271. The highest BCUT2D eigenvalue weighted by atomic mass is 16.3. The van der Waals surface area contributed by atoms with E-state index in [-0.39, 0.29) is 71.4 Å². The van der Waals surface area contributed by atoms with Crippen LogP contribution in [0.25, 0.3) is 121 Å². The lowest BCUT2D eigenvalue weighted by Crippen LogP contribution is -2.38. The van der Waals surface area contributed by atoms with Gasteiger partial charge in [0.15, 0.2) is 0 Å². The molecule has 2 aliphatic rings. The molecule has 145 heavy (non-hydrogen) atoms. The number of nitrogens with zero attached hydrogens (tertiary/aromatic N) is 4. The zero-order valence-electron chi connectivity index (χ0n) is 100. The van der Waals surface area contributed by atoms with Crippen molar-refractivity contribution in [3.8, 4) is 66.8 Å². The van der Waals surface area contributed by atoms with Crippen LogP contribution in [0.5, 0.6) is 0 Å². The van der Waals surface area contributed by atoms with E-state index in [1.165, 1.54) is 155 Å². The van der Waals surface area contributed by atoms with Gasteiger partial charge in [-0.3, -0.25) is 0 Å². The number of hydrogen-bond acceptors (Lipinski definition) is 5. The van der Waals surface area contributed by atoms with Crippen molar-refractivity contribution in [1.82, 2.24) is 0 Å². The second kappa shape index (κ2) is 38.4. The first-order valence-electron chi connectivity index (χ1n) is 56.4. The van der Waals surface area contributed by atoms with Crippen molar-refractivity contribution in [3.05, 3.63) is 433 Å². The Kier molecular flexibility index (Phi) is 23.4. The zero-order chi connectivity index (χ0) is 112. The molecule has 21 rings (SSSR count). The quantitative estimate of drug-likeness (QED) is 0.114. The van der Waals surface area contributed by atoms with Gasteiger partial charge in [0.2, 0.25) is 0 Å². The Morgan fingerprint density at radius 2 is 0.586 bits per heavy atom. The first kappa shape index (κ1) is 88.4. The van der Waals surface area contributed by atoms with Crippen molar-refractivity contribution in [2.24, 2.45) is 0 Å². The zero-order valence-corrected chi connectivity index (χ0v) is 90.4. The summed E-state index contributed by atoms with van der Waals surface area (Å²) in [5.74, 6) is 0. The molecule has 0 saturated heterocycles. The molecule has 0 fully saturated rings. The summed E-state index contributed by atoms with van der Waals surface area (Å²) >= 11 is 0. The Hall–Kier alpha value is -14.3. The Bertz CT molecular complexity index is 8460. The van der Waals surface area contributed by atoms with Gasteiger partial charge in [0.1, 0.15) is 11.2 Å². The number of rotatable bonds is 12. The summed E-state index contributed by atoms with van der Waals surface area (Å²) in [6.45, 7) is 63.2. The molecule has 0 atom stereocenters. The predicted molar refractivity (Wildman–Crippen MR) is 631 cm³/mol. The molecule has 1 aromatic heterocycles. The van der Waals surface area contributed by atoms with Crippen molar-refractivity contribution < 1.29 is 18.1 Å². The molecule has 0 spiro atoms. The highest BCUT2D eigenvalue weighted by Gasteiger charge is 2.40. The van der Waals surface area contributed by atoms with Crippen LogP contribution < -0.4 is 19.6 Å². The standard InChI is InChI=1S/C38H39N.C35H37NO.C35H33N.C32H39N/c1-37(2,3)34-21-17-30(18-22-34)31-19-23-35(24-20-31)39(38(4,5)6)36-26-32(28-13-9-7-10-14-28)25-33(27-36)29-15-11-8-12-16-29;1-33(2,3)29-15-11-13-27-26-19-17-23(21-31(26)37-32(27)29)36(34(4,5)6)22-16-18-25-24-12-9-10-14-28(24)35(7,8)30(25)20-22;1-34(2,3)36(28-17-15-25(16-18-28)24-11-7-6-8-12-24)29-19-20-30-31-21-26-13-9-10-14-27(26)22-32(31)35(4,5)33(30)23-29;1-30(2,3)24-19-25(31(4,5)6)21-27(20-24)33(32(7,8)9)26-16-17-29-23(18-26)15-14-22-12-10-11-13-28(22)29/h7-27H,1-6H3;9-21H,1-8H3;6-23H,1-5H3;10-21H,1-9H3/i7D,8D,9D,10D,11D,12D,13D,14D,15D,16D;;;. The van der Waals surface area contributed by atoms with Crippen LogP contribution in [0.1, 0.15) is 252 Å². The third-order valence-corrected chi connectivity index (χ3v) is 28.9.